The first-order valence-corrected chi connectivity index (χ1v) is 7.48. The van der Waals surface area contributed by atoms with Crippen LogP contribution >= 0.6 is 11.6 Å². The van der Waals surface area contributed by atoms with Crippen LogP contribution in [0.15, 0.2) is 42.5 Å². The topological polar surface area (TPSA) is 21.3 Å². The van der Waals surface area contributed by atoms with Gasteiger partial charge in [-0.05, 0) is 31.0 Å². The first-order chi connectivity index (χ1) is 10.2. The van der Waals surface area contributed by atoms with Crippen LogP contribution in [0.5, 0.6) is 5.75 Å². The van der Waals surface area contributed by atoms with Crippen LogP contribution in [0.1, 0.15) is 24.0 Å². The van der Waals surface area contributed by atoms with E-state index in [2.05, 4.69) is 11.4 Å². The summed E-state index contributed by atoms with van der Waals surface area (Å²) in [7, 11) is 0. The second kappa shape index (κ2) is 6.46. The summed E-state index contributed by atoms with van der Waals surface area (Å²) < 4.78 is 18.9. The van der Waals surface area contributed by atoms with Crippen LogP contribution < -0.4 is 10.1 Å². The van der Waals surface area contributed by atoms with E-state index in [1.165, 1.54) is 25.0 Å². The number of hydrogen-bond donors (Lipinski definition) is 1. The highest BCUT2D eigenvalue weighted by atomic mass is 35.5. The molecule has 0 aromatic heterocycles. The standard InChI is InChI=1S/C17H17ClFNO/c18-16-9-14(19)6-5-13(16)11-21-17-4-2-1-3-12(17)10-20-15-7-8-15/h1-6,9,15,20H,7-8,10-11H2. The monoisotopic (exact) mass is 305 g/mol. The quantitative estimate of drug-likeness (QED) is 0.858. The Kier molecular flexibility index (Phi) is 4.42. The summed E-state index contributed by atoms with van der Waals surface area (Å²) in [6, 6.07) is 13.0. The van der Waals surface area contributed by atoms with Gasteiger partial charge in [-0.2, -0.15) is 0 Å². The Hall–Kier alpha value is -1.58. The van der Waals surface area contributed by atoms with Crippen molar-refractivity contribution in [2.75, 3.05) is 0 Å². The van der Waals surface area contributed by atoms with E-state index in [1.807, 2.05) is 18.2 Å². The van der Waals surface area contributed by atoms with Crippen LogP contribution in [-0.2, 0) is 13.2 Å². The van der Waals surface area contributed by atoms with Crippen molar-refractivity contribution < 1.29 is 9.13 Å². The molecule has 3 rings (SSSR count). The molecule has 0 aliphatic heterocycles. The lowest BCUT2D eigenvalue weighted by molar-refractivity contribution is 0.302. The van der Waals surface area contributed by atoms with Crippen LogP contribution in [-0.4, -0.2) is 6.04 Å². The van der Waals surface area contributed by atoms with Gasteiger partial charge in [-0.15, -0.1) is 0 Å². The number of nitrogens with one attached hydrogen (secondary N) is 1. The van der Waals surface area contributed by atoms with Gasteiger partial charge in [-0.1, -0.05) is 35.9 Å². The fraction of sp³-hybridized carbons (Fsp3) is 0.294. The van der Waals surface area contributed by atoms with Crippen molar-refractivity contribution in [2.24, 2.45) is 0 Å². The Morgan fingerprint density at radius 2 is 1.95 bits per heavy atom. The van der Waals surface area contributed by atoms with E-state index in [1.54, 1.807) is 6.07 Å². The molecule has 0 saturated heterocycles. The lowest BCUT2D eigenvalue weighted by atomic mass is 10.2. The smallest absolute Gasteiger partial charge is 0.124 e. The largest absolute Gasteiger partial charge is 0.489 e. The van der Waals surface area contributed by atoms with Crippen LogP contribution in [0.3, 0.4) is 0 Å². The molecular formula is C17H17ClFNO. The molecule has 0 unspecified atom stereocenters. The lowest BCUT2D eigenvalue weighted by Crippen LogP contribution is -2.16. The van der Waals surface area contributed by atoms with Crippen LogP contribution in [0.2, 0.25) is 5.02 Å². The molecule has 0 radical (unpaired) electrons. The van der Waals surface area contributed by atoms with Gasteiger partial charge in [0.2, 0.25) is 0 Å². The fourth-order valence-electron chi connectivity index (χ4n) is 2.13. The maximum atomic E-state index is 13.0. The Morgan fingerprint density at radius 1 is 1.14 bits per heavy atom. The summed E-state index contributed by atoms with van der Waals surface area (Å²) in [5.74, 6) is 0.504. The number of benzene rings is 2. The molecule has 0 amide bonds. The summed E-state index contributed by atoms with van der Waals surface area (Å²) in [5, 5.41) is 3.87. The van der Waals surface area contributed by atoms with Gasteiger partial charge in [0.1, 0.15) is 18.2 Å². The molecule has 1 saturated carbocycles. The lowest BCUT2D eigenvalue weighted by Gasteiger charge is -2.12. The molecule has 1 aliphatic rings. The molecule has 1 N–H and O–H groups in total. The van der Waals surface area contributed by atoms with Gasteiger partial charge in [0.05, 0.1) is 5.02 Å². The molecule has 21 heavy (non-hydrogen) atoms. The van der Waals surface area contributed by atoms with Gasteiger partial charge < -0.3 is 10.1 Å². The Labute approximate surface area is 128 Å². The molecule has 0 bridgehead atoms. The van der Waals surface area contributed by atoms with Gasteiger partial charge in [-0.3, -0.25) is 0 Å². The molecule has 2 nitrogen and oxygen atoms in total. The van der Waals surface area contributed by atoms with E-state index in [9.17, 15) is 4.39 Å². The SMILES string of the molecule is Fc1ccc(COc2ccccc2CNC2CC2)c(Cl)c1. The third kappa shape index (κ3) is 3.96. The van der Waals surface area contributed by atoms with E-state index >= 15 is 0 Å². The molecule has 4 heteroatoms. The van der Waals surface area contributed by atoms with Crippen molar-refractivity contribution >= 4 is 11.6 Å². The maximum Gasteiger partial charge on any atom is 0.124 e. The summed E-state index contributed by atoms with van der Waals surface area (Å²) >= 11 is 6.01. The van der Waals surface area contributed by atoms with E-state index in [-0.39, 0.29) is 5.82 Å². The van der Waals surface area contributed by atoms with Gasteiger partial charge in [0.15, 0.2) is 0 Å². The Bertz CT molecular complexity index is 628. The van der Waals surface area contributed by atoms with Crippen molar-refractivity contribution in [3.8, 4) is 5.75 Å². The normalized spacial score (nSPS) is 14.2. The molecule has 2 aromatic carbocycles. The minimum atomic E-state index is -0.335. The fourth-order valence-corrected chi connectivity index (χ4v) is 2.35. The summed E-state index contributed by atoms with van der Waals surface area (Å²) in [6.45, 7) is 1.14. The number of halogens is 2. The van der Waals surface area contributed by atoms with Crippen LogP contribution in [0.4, 0.5) is 4.39 Å². The van der Waals surface area contributed by atoms with Crippen LogP contribution in [0.25, 0.3) is 0 Å². The predicted octanol–water partition coefficient (Wildman–Crippen LogP) is 4.31. The minimum absolute atomic E-state index is 0.333. The first kappa shape index (κ1) is 14.4. The van der Waals surface area contributed by atoms with Crippen molar-refractivity contribution in [1.29, 1.82) is 0 Å². The molecular weight excluding hydrogens is 289 g/mol. The maximum absolute atomic E-state index is 13.0. The zero-order valence-corrected chi connectivity index (χ0v) is 12.4. The average molecular weight is 306 g/mol. The molecule has 1 aliphatic carbocycles. The Balaban J connectivity index is 1.66. The molecule has 110 valence electrons. The van der Waals surface area contributed by atoms with E-state index in [4.69, 9.17) is 16.3 Å². The van der Waals surface area contributed by atoms with Crippen molar-refractivity contribution in [3.63, 3.8) is 0 Å². The highest BCUT2D eigenvalue weighted by Crippen LogP contribution is 2.24. The van der Waals surface area contributed by atoms with E-state index < -0.39 is 0 Å². The highest BCUT2D eigenvalue weighted by Gasteiger charge is 2.20. The van der Waals surface area contributed by atoms with E-state index in [0.717, 1.165) is 23.4 Å². The highest BCUT2D eigenvalue weighted by molar-refractivity contribution is 6.31. The van der Waals surface area contributed by atoms with Crippen LogP contribution in [0, 0.1) is 5.82 Å². The van der Waals surface area contributed by atoms with Crippen molar-refractivity contribution in [2.45, 2.75) is 32.0 Å². The van der Waals surface area contributed by atoms with Gasteiger partial charge in [0, 0.05) is 23.7 Å². The molecule has 0 atom stereocenters. The summed E-state index contributed by atoms with van der Waals surface area (Å²) in [5.41, 5.74) is 1.91. The van der Waals surface area contributed by atoms with Crippen molar-refractivity contribution in [3.05, 3.63) is 64.4 Å². The number of hydrogen-bond acceptors (Lipinski definition) is 2. The Morgan fingerprint density at radius 3 is 2.71 bits per heavy atom. The number of rotatable bonds is 6. The van der Waals surface area contributed by atoms with Crippen molar-refractivity contribution in [1.82, 2.24) is 5.32 Å². The second-order valence-electron chi connectivity index (χ2n) is 5.29. The molecule has 0 spiro atoms. The zero-order chi connectivity index (χ0) is 14.7. The van der Waals surface area contributed by atoms with Gasteiger partial charge in [-0.25, -0.2) is 4.39 Å². The van der Waals surface area contributed by atoms with Gasteiger partial charge >= 0.3 is 0 Å². The predicted molar refractivity (Wildman–Crippen MR) is 82.0 cm³/mol. The third-order valence-electron chi connectivity index (χ3n) is 3.53. The number of ether oxygens (including phenoxy) is 1. The zero-order valence-electron chi connectivity index (χ0n) is 11.6. The average Bonchev–Trinajstić information content (AvgIpc) is 3.29. The van der Waals surface area contributed by atoms with E-state index in [0.29, 0.717) is 17.7 Å². The third-order valence-corrected chi connectivity index (χ3v) is 3.88. The molecule has 0 heterocycles. The van der Waals surface area contributed by atoms with Gasteiger partial charge in [0.25, 0.3) is 0 Å². The second-order valence-corrected chi connectivity index (χ2v) is 5.69. The number of para-hydroxylation sites is 1. The molecule has 2 aromatic rings. The molecule has 1 fully saturated rings. The minimum Gasteiger partial charge on any atom is -0.489 e. The summed E-state index contributed by atoms with van der Waals surface area (Å²) in [6.07, 6.45) is 2.52. The first-order valence-electron chi connectivity index (χ1n) is 7.10. The summed E-state index contributed by atoms with van der Waals surface area (Å²) in [4.78, 5) is 0.